The third-order valence-electron chi connectivity index (χ3n) is 3.50. The molecule has 1 aliphatic rings. The number of carbonyl (C=O) groups excluding carboxylic acids is 1. The number of sulfone groups is 1. The van der Waals surface area contributed by atoms with Gasteiger partial charge in [0.05, 0.1) is 22.1 Å². The summed E-state index contributed by atoms with van der Waals surface area (Å²) < 4.78 is 28.3. The van der Waals surface area contributed by atoms with Crippen molar-refractivity contribution < 1.29 is 17.9 Å². The predicted molar refractivity (Wildman–Crippen MR) is 78.0 cm³/mol. The fourth-order valence-electron chi connectivity index (χ4n) is 2.23. The maximum atomic E-state index is 12.1. The maximum absolute atomic E-state index is 12.1. The third-order valence-corrected chi connectivity index (χ3v) is 5.60. The maximum Gasteiger partial charge on any atom is 0.339 e. The molecule has 2 rings (SSSR count). The second-order valence-electron chi connectivity index (χ2n) is 5.20. The molecule has 1 aromatic carbocycles. The third kappa shape index (κ3) is 3.52. The number of esters is 1. The van der Waals surface area contributed by atoms with Gasteiger partial charge in [0.25, 0.3) is 0 Å². The van der Waals surface area contributed by atoms with Crippen LogP contribution in [-0.2, 0) is 14.6 Å². The first-order valence-electron chi connectivity index (χ1n) is 6.46. The number of aryl methyl sites for hydroxylation is 2. The molecule has 0 bridgehead atoms. The highest BCUT2D eigenvalue weighted by atomic mass is 35.5. The van der Waals surface area contributed by atoms with Gasteiger partial charge in [-0.2, -0.15) is 0 Å². The van der Waals surface area contributed by atoms with Crippen LogP contribution < -0.4 is 0 Å². The fraction of sp³-hybridized carbons (Fsp3) is 0.500. The van der Waals surface area contributed by atoms with Gasteiger partial charge in [-0.05, 0) is 49.9 Å². The molecule has 1 heterocycles. The van der Waals surface area contributed by atoms with E-state index in [4.69, 9.17) is 16.3 Å². The molecule has 1 aromatic rings. The summed E-state index contributed by atoms with van der Waals surface area (Å²) in [5.41, 5.74) is 2.22. The number of halogens is 1. The molecule has 1 aliphatic heterocycles. The standard InChI is InChI=1S/C14H17ClO4S/c1-9-6-12(13(15)7-10(9)2)14(16)19-11-4-3-5-20(17,18)8-11/h6-7,11H,3-5,8H2,1-2H3/t11-/m0/s1. The molecule has 0 N–H and O–H groups in total. The van der Waals surface area contributed by atoms with Crippen molar-refractivity contribution in [3.05, 3.63) is 33.8 Å². The van der Waals surface area contributed by atoms with E-state index in [2.05, 4.69) is 0 Å². The molecule has 0 amide bonds. The molecule has 0 spiro atoms. The van der Waals surface area contributed by atoms with Crippen LogP contribution in [0.1, 0.15) is 34.3 Å². The quantitative estimate of drug-likeness (QED) is 0.787. The largest absolute Gasteiger partial charge is 0.458 e. The summed E-state index contributed by atoms with van der Waals surface area (Å²) in [5.74, 6) is -0.479. The Morgan fingerprint density at radius 3 is 2.60 bits per heavy atom. The highest BCUT2D eigenvalue weighted by molar-refractivity contribution is 7.91. The molecule has 0 aromatic heterocycles. The number of benzene rings is 1. The van der Waals surface area contributed by atoms with Crippen LogP contribution in [0.25, 0.3) is 0 Å². The lowest BCUT2D eigenvalue weighted by Crippen LogP contribution is -2.33. The van der Waals surface area contributed by atoms with E-state index in [-0.39, 0.29) is 17.1 Å². The van der Waals surface area contributed by atoms with Gasteiger partial charge in [-0.15, -0.1) is 0 Å². The fourth-order valence-corrected chi connectivity index (χ4v) is 4.10. The first-order valence-corrected chi connectivity index (χ1v) is 8.66. The minimum absolute atomic E-state index is 0.0960. The zero-order valence-electron chi connectivity index (χ0n) is 11.5. The SMILES string of the molecule is Cc1cc(Cl)c(C(=O)O[C@H]2CCCS(=O)(=O)C2)cc1C. The molecule has 0 unspecified atom stereocenters. The van der Waals surface area contributed by atoms with Crippen LogP contribution in [0.4, 0.5) is 0 Å². The highest BCUT2D eigenvalue weighted by Gasteiger charge is 2.28. The van der Waals surface area contributed by atoms with Crippen molar-refractivity contribution in [1.29, 1.82) is 0 Å². The van der Waals surface area contributed by atoms with Crippen LogP contribution in [0.3, 0.4) is 0 Å². The first-order chi connectivity index (χ1) is 9.28. The first kappa shape index (κ1) is 15.3. The van der Waals surface area contributed by atoms with Crippen LogP contribution in [-0.4, -0.2) is 32.0 Å². The molecular weight excluding hydrogens is 300 g/mol. The molecule has 20 heavy (non-hydrogen) atoms. The van der Waals surface area contributed by atoms with E-state index in [1.165, 1.54) is 0 Å². The van der Waals surface area contributed by atoms with Gasteiger partial charge in [-0.1, -0.05) is 11.6 Å². The Bertz CT molecular complexity index is 637. The average molecular weight is 317 g/mol. The Morgan fingerprint density at radius 2 is 1.95 bits per heavy atom. The summed E-state index contributed by atoms with van der Waals surface area (Å²) in [7, 11) is -3.09. The van der Waals surface area contributed by atoms with Crippen LogP contribution in [0, 0.1) is 13.8 Å². The summed E-state index contributed by atoms with van der Waals surface area (Å²) in [6.07, 6.45) is 0.535. The van der Waals surface area contributed by atoms with Gasteiger partial charge in [-0.3, -0.25) is 0 Å². The van der Waals surface area contributed by atoms with Crippen molar-refractivity contribution >= 4 is 27.4 Å². The number of hydrogen-bond donors (Lipinski definition) is 0. The lowest BCUT2D eigenvalue weighted by Gasteiger charge is -2.22. The lowest BCUT2D eigenvalue weighted by atomic mass is 10.1. The van der Waals surface area contributed by atoms with Gasteiger partial charge in [0.15, 0.2) is 9.84 Å². The molecule has 6 heteroatoms. The summed E-state index contributed by atoms with van der Waals surface area (Å²) in [6, 6.07) is 3.39. The van der Waals surface area contributed by atoms with E-state index in [9.17, 15) is 13.2 Å². The molecule has 1 fully saturated rings. The second-order valence-corrected chi connectivity index (χ2v) is 7.84. The zero-order valence-corrected chi connectivity index (χ0v) is 13.1. The highest BCUT2D eigenvalue weighted by Crippen LogP contribution is 2.23. The van der Waals surface area contributed by atoms with E-state index in [0.717, 1.165) is 11.1 Å². The number of ether oxygens (including phenoxy) is 1. The topological polar surface area (TPSA) is 60.4 Å². The molecule has 4 nitrogen and oxygen atoms in total. The molecule has 1 saturated heterocycles. The van der Waals surface area contributed by atoms with Gasteiger partial charge in [0.1, 0.15) is 6.10 Å². The Morgan fingerprint density at radius 1 is 1.30 bits per heavy atom. The van der Waals surface area contributed by atoms with Crippen molar-refractivity contribution in [3.8, 4) is 0 Å². The minimum atomic E-state index is -3.09. The Balaban J connectivity index is 2.14. The number of hydrogen-bond acceptors (Lipinski definition) is 4. The van der Waals surface area contributed by atoms with E-state index < -0.39 is 21.9 Å². The Labute approximate surface area is 124 Å². The normalized spacial score (nSPS) is 21.4. The monoisotopic (exact) mass is 316 g/mol. The van der Waals surface area contributed by atoms with Gasteiger partial charge in [-0.25, -0.2) is 13.2 Å². The van der Waals surface area contributed by atoms with E-state index >= 15 is 0 Å². The summed E-state index contributed by atoms with van der Waals surface area (Å²) >= 11 is 6.05. The number of rotatable bonds is 2. The van der Waals surface area contributed by atoms with Crippen LogP contribution >= 0.6 is 11.6 Å². The van der Waals surface area contributed by atoms with E-state index in [1.807, 2.05) is 13.8 Å². The molecule has 0 saturated carbocycles. The molecule has 0 aliphatic carbocycles. The van der Waals surface area contributed by atoms with Gasteiger partial charge in [0, 0.05) is 0 Å². The van der Waals surface area contributed by atoms with E-state index in [1.54, 1.807) is 12.1 Å². The van der Waals surface area contributed by atoms with Gasteiger partial charge in [0.2, 0.25) is 0 Å². The Hall–Kier alpha value is -1.07. The summed E-state index contributed by atoms with van der Waals surface area (Å²) in [4.78, 5) is 12.1. The average Bonchev–Trinajstić information content (AvgIpc) is 2.32. The van der Waals surface area contributed by atoms with Crippen LogP contribution in [0.15, 0.2) is 12.1 Å². The van der Waals surface area contributed by atoms with Crippen LogP contribution in [0.2, 0.25) is 5.02 Å². The Kier molecular flexibility index (Phi) is 4.39. The molecule has 0 radical (unpaired) electrons. The molecule has 1 atom stereocenters. The second kappa shape index (κ2) is 5.74. The lowest BCUT2D eigenvalue weighted by molar-refractivity contribution is 0.0323. The van der Waals surface area contributed by atoms with E-state index in [0.29, 0.717) is 17.9 Å². The van der Waals surface area contributed by atoms with Crippen molar-refractivity contribution in [2.24, 2.45) is 0 Å². The van der Waals surface area contributed by atoms with Gasteiger partial charge >= 0.3 is 5.97 Å². The minimum Gasteiger partial charge on any atom is -0.458 e. The van der Waals surface area contributed by atoms with Gasteiger partial charge < -0.3 is 4.74 Å². The van der Waals surface area contributed by atoms with Crippen molar-refractivity contribution in [2.75, 3.05) is 11.5 Å². The predicted octanol–water partition coefficient (Wildman–Crippen LogP) is 2.69. The molecule has 110 valence electrons. The zero-order chi connectivity index (χ0) is 14.9. The van der Waals surface area contributed by atoms with Crippen molar-refractivity contribution in [1.82, 2.24) is 0 Å². The van der Waals surface area contributed by atoms with Crippen LogP contribution in [0.5, 0.6) is 0 Å². The van der Waals surface area contributed by atoms with Crippen molar-refractivity contribution in [3.63, 3.8) is 0 Å². The smallest absolute Gasteiger partial charge is 0.339 e. The molecular formula is C14H17ClO4S. The number of carbonyl (C=O) groups is 1. The summed E-state index contributed by atoms with van der Waals surface area (Å²) in [5, 5.41) is 0.330. The van der Waals surface area contributed by atoms with Crippen molar-refractivity contribution in [2.45, 2.75) is 32.8 Å². The summed E-state index contributed by atoms with van der Waals surface area (Å²) in [6.45, 7) is 3.79.